The van der Waals surface area contributed by atoms with E-state index >= 15 is 0 Å². The zero-order valence-corrected chi connectivity index (χ0v) is 13.7. The van der Waals surface area contributed by atoms with Crippen LogP contribution in [-0.2, 0) is 16.1 Å². The van der Waals surface area contributed by atoms with Crippen molar-refractivity contribution in [2.24, 2.45) is 0 Å². The Hall–Kier alpha value is -3.23. The predicted molar refractivity (Wildman–Crippen MR) is 85.5 cm³/mol. The van der Waals surface area contributed by atoms with E-state index in [9.17, 15) is 18.4 Å². The van der Waals surface area contributed by atoms with Crippen molar-refractivity contribution in [2.75, 3.05) is 6.61 Å². The fourth-order valence-electron chi connectivity index (χ4n) is 2.29. The van der Waals surface area contributed by atoms with Crippen molar-refractivity contribution in [2.45, 2.75) is 19.5 Å². The van der Waals surface area contributed by atoms with Gasteiger partial charge in [-0.15, -0.1) is 0 Å². The van der Waals surface area contributed by atoms with Crippen LogP contribution in [0.25, 0.3) is 0 Å². The molecule has 1 atom stereocenters. The van der Waals surface area contributed by atoms with Gasteiger partial charge in [0.15, 0.2) is 11.6 Å². The lowest BCUT2D eigenvalue weighted by molar-refractivity contribution is -0.123. The number of halogens is 2. The summed E-state index contributed by atoms with van der Waals surface area (Å²) in [6, 6.07) is 5.14. The molecule has 2 amide bonds. The van der Waals surface area contributed by atoms with Crippen LogP contribution in [0.4, 0.5) is 13.6 Å². The van der Waals surface area contributed by atoms with Gasteiger partial charge in [-0.25, -0.2) is 14.2 Å². The molecule has 0 spiro atoms. The zero-order chi connectivity index (χ0) is 18.7. The molecule has 0 saturated carbocycles. The van der Waals surface area contributed by atoms with Gasteiger partial charge in [0.05, 0.1) is 0 Å². The molecule has 0 bridgehead atoms. The highest BCUT2D eigenvalue weighted by atomic mass is 19.2. The van der Waals surface area contributed by atoms with Crippen molar-refractivity contribution in [3.8, 4) is 11.6 Å². The topological polar surface area (TPSA) is 89.6 Å². The SMILES string of the molecule is Cc1ccc(Oc2ncccc2CNC(=O)[C@@H]2COC(=O)N2)c(F)c1F. The molecule has 2 aromatic rings. The van der Waals surface area contributed by atoms with Crippen LogP contribution < -0.4 is 15.4 Å². The normalized spacial score (nSPS) is 16.0. The van der Waals surface area contributed by atoms with Gasteiger partial charge in [0.1, 0.15) is 12.6 Å². The maximum Gasteiger partial charge on any atom is 0.407 e. The fourth-order valence-corrected chi connectivity index (χ4v) is 2.29. The second-order valence-corrected chi connectivity index (χ2v) is 5.59. The minimum absolute atomic E-state index is 0.0182. The minimum Gasteiger partial charge on any atom is -0.447 e. The first-order chi connectivity index (χ1) is 12.5. The number of cyclic esters (lactones) is 1. The Balaban J connectivity index is 1.71. The molecule has 7 nitrogen and oxygen atoms in total. The van der Waals surface area contributed by atoms with Gasteiger partial charge in [-0.2, -0.15) is 4.39 Å². The van der Waals surface area contributed by atoms with Crippen molar-refractivity contribution in [1.82, 2.24) is 15.6 Å². The molecule has 136 valence electrons. The minimum atomic E-state index is -1.11. The Bertz CT molecular complexity index is 860. The van der Waals surface area contributed by atoms with Crippen molar-refractivity contribution in [3.63, 3.8) is 0 Å². The highest BCUT2D eigenvalue weighted by Gasteiger charge is 2.28. The Kier molecular flexibility index (Phi) is 4.97. The number of nitrogens with one attached hydrogen (secondary N) is 2. The largest absolute Gasteiger partial charge is 0.447 e. The lowest BCUT2D eigenvalue weighted by Crippen LogP contribution is -2.42. The van der Waals surface area contributed by atoms with Crippen LogP contribution in [0.3, 0.4) is 0 Å². The van der Waals surface area contributed by atoms with E-state index < -0.39 is 29.7 Å². The molecule has 3 rings (SSSR count). The molecule has 2 N–H and O–H groups in total. The Morgan fingerprint density at radius 3 is 2.92 bits per heavy atom. The first-order valence-electron chi connectivity index (χ1n) is 7.73. The summed E-state index contributed by atoms with van der Waals surface area (Å²) in [5.74, 6) is -2.84. The van der Waals surface area contributed by atoms with E-state index in [-0.39, 0.29) is 30.3 Å². The van der Waals surface area contributed by atoms with E-state index in [4.69, 9.17) is 4.74 Å². The number of amides is 2. The molecule has 1 aromatic heterocycles. The summed E-state index contributed by atoms with van der Waals surface area (Å²) in [5, 5.41) is 4.95. The number of aromatic nitrogens is 1. The highest BCUT2D eigenvalue weighted by Crippen LogP contribution is 2.28. The molecular weight excluding hydrogens is 348 g/mol. The standard InChI is InChI=1S/C17H15F2N3O4/c1-9-4-5-12(14(19)13(9)18)26-16-10(3-2-6-20-16)7-21-15(23)11-8-25-17(24)22-11/h2-6,11H,7-8H2,1H3,(H,21,23)(H,22,24)/t11-/m0/s1. The lowest BCUT2D eigenvalue weighted by atomic mass is 10.2. The highest BCUT2D eigenvalue weighted by molar-refractivity contribution is 5.87. The molecule has 1 aliphatic rings. The number of alkyl carbamates (subject to hydrolysis) is 1. The average molecular weight is 363 g/mol. The number of hydrogen-bond donors (Lipinski definition) is 2. The van der Waals surface area contributed by atoms with E-state index in [1.165, 1.54) is 25.3 Å². The van der Waals surface area contributed by atoms with Gasteiger partial charge in [-0.05, 0) is 24.6 Å². The number of rotatable bonds is 5. The first-order valence-corrected chi connectivity index (χ1v) is 7.73. The summed E-state index contributed by atoms with van der Waals surface area (Å²) in [6.07, 6.45) is 0.765. The molecule has 0 radical (unpaired) electrons. The molecule has 1 aliphatic heterocycles. The third kappa shape index (κ3) is 3.71. The van der Waals surface area contributed by atoms with Gasteiger partial charge in [0.2, 0.25) is 17.6 Å². The number of benzene rings is 1. The Morgan fingerprint density at radius 2 is 2.19 bits per heavy atom. The van der Waals surface area contributed by atoms with E-state index in [1.54, 1.807) is 12.1 Å². The maximum atomic E-state index is 14.0. The molecule has 1 saturated heterocycles. The number of hydrogen-bond acceptors (Lipinski definition) is 5. The Labute approximate surface area is 147 Å². The number of nitrogens with zero attached hydrogens (tertiary/aromatic N) is 1. The third-order valence-electron chi connectivity index (χ3n) is 3.74. The van der Waals surface area contributed by atoms with Crippen LogP contribution in [0.15, 0.2) is 30.5 Å². The number of ether oxygens (including phenoxy) is 2. The van der Waals surface area contributed by atoms with E-state index in [1.807, 2.05) is 0 Å². The van der Waals surface area contributed by atoms with Gasteiger partial charge < -0.3 is 20.1 Å². The number of carbonyl (C=O) groups excluding carboxylic acids is 2. The lowest BCUT2D eigenvalue weighted by Gasteiger charge is -2.13. The Morgan fingerprint density at radius 1 is 1.38 bits per heavy atom. The van der Waals surface area contributed by atoms with Crippen molar-refractivity contribution in [1.29, 1.82) is 0 Å². The van der Waals surface area contributed by atoms with Gasteiger partial charge in [-0.1, -0.05) is 12.1 Å². The van der Waals surface area contributed by atoms with Gasteiger partial charge in [-0.3, -0.25) is 4.79 Å². The molecule has 1 fully saturated rings. The summed E-state index contributed by atoms with van der Waals surface area (Å²) in [7, 11) is 0. The van der Waals surface area contributed by atoms with Crippen molar-refractivity contribution in [3.05, 3.63) is 53.2 Å². The molecule has 0 aliphatic carbocycles. The maximum absolute atomic E-state index is 14.0. The predicted octanol–water partition coefficient (Wildman–Crippen LogP) is 2.19. The summed E-state index contributed by atoms with van der Waals surface area (Å²) >= 11 is 0. The first kappa shape index (κ1) is 17.6. The molecule has 0 unspecified atom stereocenters. The number of pyridine rings is 1. The van der Waals surface area contributed by atoms with Crippen molar-refractivity contribution >= 4 is 12.0 Å². The van der Waals surface area contributed by atoms with E-state index in [0.717, 1.165) is 0 Å². The average Bonchev–Trinajstić information content (AvgIpc) is 3.07. The third-order valence-corrected chi connectivity index (χ3v) is 3.74. The summed E-state index contributed by atoms with van der Waals surface area (Å²) in [4.78, 5) is 27.0. The van der Waals surface area contributed by atoms with Gasteiger partial charge in [0.25, 0.3) is 0 Å². The van der Waals surface area contributed by atoms with Crippen LogP contribution in [0.1, 0.15) is 11.1 Å². The van der Waals surface area contributed by atoms with E-state index in [0.29, 0.717) is 5.56 Å². The number of carbonyl (C=O) groups is 2. The number of aryl methyl sites for hydroxylation is 1. The van der Waals surface area contributed by atoms with Crippen LogP contribution in [0.5, 0.6) is 11.6 Å². The van der Waals surface area contributed by atoms with E-state index in [2.05, 4.69) is 20.4 Å². The van der Waals surface area contributed by atoms with Crippen LogP contribution >= 0.6 is 0 Å². The zero-order valence-electron chi connectivity index (χ0n) is 13.7. The molecule has 26 heavy (non-hydrogen) atoms. The van der Waals surface area contributed by atoms with Crippen LogP contribution in [0, 0.1) is 18.6 Å². The van der Waals surface area contributed by atoms with Crippen LogP contribution in [0.2, 0.25) is 0 Å². The fraction of sp³-hybridized carbons (Fsp3) is 0.235. The molecular formula is C17H15F2N3O4. The summed E-state index contributed by atoms with van der Waals surface area (Å²) in [5.41, 5.74) is 0.607. The quantitative estimate of drug-likeness (QED) is 0.850. The molecule has 9 heteroatoms. The smallest absolute Gasteiger partial charge is 0.407 e. The molecule has 2 heterocycles. The second-order valence-electron chi connectivity index (χ2n) is 5.59. The van der Waals surface area contributed by atoms with Crippen LogP contribution in [-0.4, -0.2) is 29.6 Å². The monoisotopic (exact) mass is 363 g/mol. The van der Waals surface area contributed by atoms with Gasteiger partial charge in [0, 0.05) is 18.3 Å². The second kappa shape index (κ2) is 7.34. The van der Waals surface area contributed by atoms with Gasteiger partial charge >= 0.3 is 6.09 Å². The van der Waals surface area contributed by atoms with Crippen molar-refractivity contribution < 1.29 is 27.8 Å². The summed E-state index contributed by atoms with van der Waals surface area (Å²) in [6.45, 7) is 1.40. The molecule has 1 aromatic carbocycles. The summed E-state index contributed by atoms with van der Waals surface area (Å²) < 4.78 is 37.7.